The summed E-state index contributed by atoms with van der Waals surface area (Å²) in [4.78, 5) is 6.64. The number of nitrogens with zero attached hydrogens (tertiary/aromatic N) is 3. The molecule has 1 N–H and O–H groups in total. The number of rotatable bonds is 3. The van der Waals surface area contributed by atoms with Crippen LogP contribution in [0.1, 0.15) is 45.3 Å². The fourth-order valence-corrected chi connectivity index (χ4v) is 2.65. The summed E-state index contributed by atoms with van der Waals surface area (Å²) in [6, 6.07) is 0. The van der Waals surface area contributed by atoms with E-state index < -0.39 is 0 Å². The quantitative estimate of drug-likeness (QED) is 0.886. The van der Waals surface area contributed by atoms with Crippen LogP contribution >= 0.6 is 0 Å². The smallest absolute Gasteiger partial charge is 0.226 e. The van der Waals surface area contributed by atoms with Crippen LogP contribution in [-0.2, 0) is 13.0 Å². The first-order valence-corrected chi connectivity index (χ1v) is 6.70. The van der Waals surface area contributed by atoms with Crippen LogP contribution in [0.2, 0.25) is 0 Å². The molecule has 0 bridgehead atoms. The van der Waals surface area contributed by atoms with Gasteiger partial charge >= 0.3 is 0 Å². The molecule has 1 aromatic heterocycles. The van der Waals surface area contributed by atoms with Crippen molar-refractivity contribution in [2.75, 3.05) is 13.1 Å². The van der Waals surface area contributed by atoms with Crippen molar-refractivity contribution in [1.29, 1.82) is 0 Å². The summed E-state index contributed by atoms with van der Waals surface area (Å²) in [5.41, 5.74) is 0.132. The first-order valence-electron chi connectivity index (χ1n) is 6.70. The van der Waals surface area contributed by atoms with Crippen molar-refractivity contribution in [3.05, 3.63) is 11.7 Å². The van der Waals surface area contributed by atoms with Crippen molar-refractivity contribution >= 4 is 0 Å². The topological polar surface area (TPSA) is 62.4 Å². The number of aliphatic hydroxyl groups is 1. The van der Waals surface area contributed by atoms with E-state index in [2.05, 4.69) is 28.9 Å². The van der Waals surface area contributed by atoms with Gasteiger partial charge in [-0.1, -0.05) is 25.9 Å². The molecule has 18 heavy (non-hydrogen) atoms. The lowest BCUT2D eigenvalue weighted by Crippen LogP contribution is -2.32. The molecule has 0 radical (unpaired) electrons. The predicted molar refractivity (Wildman–Crippen MR) is 68.0 cm³/mol. The molecule has 5 heteroatoms. The first-order chi connectivity index (χ1) is 8.48. The normalized spacial score (nSPS) is 25.0. The second kappa shape index (κ2) is 5.36. The van der Waals surface area contributed by atoms with Crippen LogP contribution in [0.5, 0.6) is 0 Å². The highest BCUT2D eigenvalue weighted by atomic mass is 16.5. The van der Waals surface area contributed by atoms with Gasteiger partial charge in [-0.15, -0.1) is 0 Å². The number of aromatic nitrogens is 2. The Bertz CT molecular complexity index is 389. The molecule has 1 fully saturated rings. The molecule has 1 aliphatic heterocycles. The minimum Gasteiger partial charge on any atom is -0.393 e. The van der Waals surface area contributed by atoms with Gasteiger partial charge in [0.05, 0.1) is 12.6 Å². The molecular formula is C13H23N3O2. The molecule has 0 spiro atoms. The Kier molecular flexibility index (Phi) is 4.02. The third-order valence-corrected chi connectivity index (χ3v) is 3.40. The second-order valence-corrected chi connectivity index (χ2v) is 5.98. The van der Waals surface area contributed by atoms with E-state index in [0.29, 0.717) is 12.4 Å². The number of aliphatic hydroxyl groups excluding tert-OH is 1. The third kappa shape index (κ3) is 3.53. The predicted octanol–water partition coefficient (Wildman–Crippen LogP) is 1.61. The van der Waals surface area contributed by atoms with Crippen molar-refractivity contribution in [1.82, 2.24) is 15.0 Å². The van der Waals surface area contributed by atoms with Gasteiger partial charge in [-0.25, -0.2) is 0 Å². The average Bonchev–Trinajstić information content (AvgIpc) is 2.67. The van der Waals surface area contributed by atoms with E-state index in [4.69, 9.17) is 4.52 Å². The summed E-state index contributed by atoms with van der Waals surface area (Å²) in [6.45, 7) is 8.95. The van der Waals surface area contributed by atoms with E-state index in [1.165, 1.54) is 0 Å². The average molecular weight is 253 g/mol. The van der Waals surface area contributed by atoms with Crippen LogP contribution in [0.25, 0.3) is 0 Å². The highest BCUT2D eigenvalue weighted by molar-refractivity contribution is 4.89. The number of aryl methyl sites for hydroxylation is 1. The molecule has 5 nitrogen and oxygen atoms in total. The lowest BCUT2D eigenvalue weighted by Gasteiger charge is -2.28. The van der Waals surface area contributed by atoms with Crippen LogP contribution in [-0.4, -0.2) is 39.3 Å². The Morgan fingerprint density at radius 3 is 2.94 bits per heavy atom. The van der Waals surface area contributed by atoms with E-state index in [1.54, 1.807) is 0 Å². The minimum absolute atomic E-state index is 0.132. The maximum Gasteiger partial charge on any atom is 0.226 e. The fraction of sp³-hybridized carbons (Fsp3) is 0.846. The highest BCUT2D eigenvalue weighted by Gasteiger charge is 2.29. The SMILES string of the molecule is CCc1nc(CN2CCC(O)CC(C)(C)C2)no1. The molecule has 1 unspecified atom stereocenters. The summed E-state index contributed by atoms with van der Waals surface area (Å²) in [6.07, 6.45) is 2.26. The van der Waals surface area contributed by atoms with E-state index in [0.717, 1.165) is 38.2 Å². The Hall–Kier alpha value is -0.940. The van der Waals surface area contributed by atoms with Crippen molar-refractivity contribution in [2.45, 2.75) is 52.7 Å². The van der Waals surface area contributed by atoms with Crippen molar-refractivity contribution in [3.8, 4) is 0 Å². The van der Waals surface area contributed by atoms with E-state index in [1.807, 2.05) is 6.92 Å². The standard InChI is InChI=1S/C13H23N3O2/c1-4-12-14-11(15-18-12)8-16-6-5-10(17)7-13(2,3)9-16/h10,17H,4-9H2,1-3H3. The molecule has 0 aromatic carbocycles. The molecule has 2 heterocycles. The molecule has 1 atom stereocenters. The van der Waals surface area contributed by atoms with Gasteiger partial charge in [-0.05, 0) is 18.3 Å². The molecule has 1 aliphatic rings. The molecule has 102 valence electrons. The summed E-state index contributed by atoms with van der Waals surface area (Å²) < 4.78 is 5.12. The molecule has 0 amide bonds. The van der Waals surface area contributed by atoms with E-state index in [9.17, 15) is 5.11 Å². The maximum absolute atomic E-state index is 9.87. The molecule has 1 saturated heterocycles. The monoisotopic (exact) mass is 253 g/mol. The van der Waals surface area contributed by atoms with Crippen molar-refractivity contribution in [2.24, 2.45) is 5.41 Å². The lowest BCUT2D eigenvalue weighted by molar-refractivity contribution is 0.121. The van der Waals surface area contributed by atoms with Gasteiger partial charge in [0.15, 0.2) is 5.82 Å². The zero-order chi connectivity index (χ0) is 13.2. The maximum atomic E-state index is 9.87. The van der Waals surface area contributed by atoms with Crippen LogP contribution in [0.15, 0.2) is 4.52 Å². The number of hydrogen-bond acceptors (Lipinski definition) is 5. The molecule has 1 aromatic rings. The summed E-state index contributed by atoms with van der Waals surface area (Å²) >= 11 is 0. The van der Waals surface area contributed by atoms with Crippen LogP contribution in [0.3, 0.4) is 0 Å². The van der Waals surface area contributed by atoms with Gasteiger partial charge < -0.3 is 9.63 Å². The largest absolute Gasteiger partial charge is 0.393 e. The van der Waals surface area contributed by atoms with Crippen LogP contribution < -0.4 is 0 Å². The lowest BCUT2D eigenvalue weighted by atomic mass is 9.87. The molecular weight excluding hydrogens is 230 g/mol. The zero-order valence-electron chi connectivity index (χ0n) is 11.5. The number of likely N-dealkylation sites (tertiary alicyclic amines) is 1. The third-order valence-electron chi connectivity index (χ3n) is 3.40. The van der Waals surface area contributed by atoms with Gasteiger partial charge in [0, 0.05) is 19.5 Å². The van der Waals surface area contributed by atoms with Gasteiger partial charge in [-0.3, -0.25) is 4.90 Å². The Labute approximate surface area is 108 Å². The summed E-state index contributed by atoms with van der Waals surface area (Å²) in [5.74, 6) is 1.44. The van der Waals surface area contributed by atoms with Crippen LogP contribution in [0.4, 0.5) is 0 Å². The van der Waals surface area contributed by atoms with E-state index >= 15 is 0 Å². The second-order valence-electron chi connectivity index (χ2n) is 5.98. The zero-order valence-corrected chi connectivity index (χ0v) is 11.5. The van der Waals surface area contributed by atoms with E-state index in [-0.39, 0.29) is 11.5 Å². The van der Waals surface area contributed by atoms with Gasteiger partial charge in [0.25, 0.3) is 0 Å². The van der Waals surface area contributed by atoms with Gasteiger partial charge in [0.1, 0.15) is 0 Å². The number of hydrogen-bond donors (Lipinski definition) is 1. The fourth-order valence-electron chi connectivity index (χ4n) is 2.65. The van der Waals surface area contributed by atoms with Crippen molar-refractivity contribution < 1.29 is 9.63 Å². The van der Waals surface area contributed by atoms with Gasteiger partial charge in [-0.2, -0.15) is 4.98 Å². The first kappa shape index (κ1) is 13.5. The summed E-state index contributed by atoms with van der Waals surface area (Å²) in [7, 11) is 0. The Morgan fingerprint density at radius 2 is 2.28 bits per heavy atom. The molecule has 0 aliphatic carbocycles. The highest BCUT2D eigenvalue weighted by Crippen LogP contribution is 2.28. The Balaban J connectivity index is 1.99. The van der Waals surface area contributed by atoms with Crippen LogP contribution in [0, 0.1) is 5.41 Å². The van der Waals surface area contributed by atoms with Gasteiger partial charge in [0.2, 0.25) is 5.89 Å². The molecule has 2 rings (SSSR count). The minimum atomic E-state index is -0.193. The molecule has 0 saturated carbocycles. The Morgan fingerprint density at radius 1 is 1.50 bits per heavy atom. The summed E-state index contributed by atoms with van der Waals surface area (Å²) in [5, 5.41) is 13.9. The van der Waals surface area contributed by atoms with Crippen molar-refractivity contribution in [3.63, 3.8) is 0 Å².